The van der Waals surface area contributed by atoms with Crippen molar-refractivity contribution in [3.05, 3.63) is 33.2 Å². The quantitative estimate of drug-likeness (QED) is 0.756. The van der Waals surface area contributed by atoms with E-state index >= 15 is 0 Å². The molecule has 0 spiro atoms. The highest BCUT2D eigenvalue weighted by atomic mass is 32.2. The van der Waals surface area contributed by atoms with E-state index in [9.17, 15) is 14.4 Å². The minimum absolute atomic E-state index is 0.114. The maximum absolute atomic E-state index is 12.5. The minimum atomic E-state index is -0.343. The van der Waals surface area contributed by atoms with Gasteiger partial charge in [0.25, 0.3) is 5.56 Å². The van der Waals surface area contributed by atoms with E-state index in [0.29, 0.717) is 33.8 Å². The van der Waals surface area contributed by atoms with Crippen molar-refractivity contribution >= 4 is 40.0 Å². The first-order chi connectivity index (χ1) is 12.0. The van der Waals surface area contributed by atoms with E-state index in [2.05, 4.69) is 20.6 Å². The van der Waals surface area contributed by atoms with Gasteiger partial charge in [-0.1, -0.05) is 11.8 Å². The Morgan fingerprint density at radius 1 is 1.44 bits per heavy atom. The van der Waals surface area contributed by atoms with Gasteiger partial charge in [-0.05, 0) is 6.92 Å². The SMILES string of the molecule is CNC(=O)Cc1csc(NC(=O)C2CSc3ncc(C)c(=O)n3C2)n1. The highest BCUT2D eigenvalue weighted by Gasteiger charge is 2.27. The van der Waals surface area contributed by atoms with Crippen LogP contribution in [-0.4, -0.2) is 39.1 Å². The van der Waals surface area contributed by atoms with Gasteiger partial charge in [0, 0.05) is 36.5 Å². The van der Waals surface area contributed by atoms with Gasteiger partial charge in [0.2, 0.25) is 11.8 Å². The molecule has 0 saturated heterocycles. The maximum atomic E-state index is 12.5. The zero-order valence-corrected chi connectivity index (χ0v) is 15.4. The molecule has 10 heteroatoms. The van der Waals surface area contributed by atoms with Gasteiger partial charge < -0.3 is 10.6 Å². The minimum Gasteiger partial charge on any atom is -0.359 e. The summed E-state index contributed by atoms with van der Waals surface area (Å²) in [6.07, 6.45) is 1.74. The van der Waals surface area contributed by atoms with Crippen LogP contribution in [0, 0.1) is 12.8 Å². The van der Waals surface area contributed by atoms with Crippen molar-refractivity contribution < 1.29 is 9.59 Å². The molecule has 0 saturated carbocycles. The maximum Gasteiger partial charge on any atom is 0.257 e. The topological polar surface area (TPSA) is 106 Å². The Morgan fingerprint density at radius 3 is 3.00 bits per heavy atom. The van der Waals surface area contributed by atoms with E-state index in [4.69, 9.17) is 0 Å². The predicted molar refractivity (Wildman–Crippen MR) is 96.0 cm³/mol. The molecule has 2 N–H and O–H groups in total. The third-order valence-corrected chi connectivity index (χ3v) is 5.73. The van der Waals surface area contributed by atoms with Crippen molar-refractivity contribution in [3.8, 4) is 0 Å². The fourth-order valence-corrected chi connectivity index (χ4v) is 4.13. The number of carbonyl (C=O) groups excluding carboxylic acids is 2. The first-order valence-corrected chi connectivity index (χ1v) is 9.49. The summed E-state index contributed by atoms with van der Waals surface area (Å²) in [7, 11) is 1.56. The molecular weight excluding hydrogens is 362 g/mol. The first kappa shape index (κ1) is 17.6. The van der Waals surface area contributed by atoms with Crippen molar-refractivity contribution in [1.29, 1.82) is 0 Å². The summed E-state index contributed by atoms with van der Waals surface area (Å²) in [5.74, 6) is -0.110. The lowest BCUT2D eigenvalue weighted by molar-refractivity contribution is -0.120. The molecule has 0 radical (unpaired) electrons. The summed E-state index contributed by atoms with van der Waals surface area (Å²) >= 11 is 2.67. The lowest BCUT2D eigenvalue weighted by Gasteiger charge is -2.23. The molecule has 2 amide bonds. The fraction of sp³-hybridized carbons (Fsp3) is 0.400. The van der Waals surface area contributed by atoms with Gasteiger partial charge in [0.05, 0.1) is 18.0 Å². The summed E-state index contributed by atoms with van der Waals surface area (Å²) in [6, 6.07) is 0. The Bertz CT molecular complexity index is 876. The van der Waals surface area contributed by atoms with Crippen LogP contribution in [0.1, 0.15) is 11.3 Å². The Morgan fingerprint density at radius 2 is 2.24 bits per heavy atom. The Labute approximate surface area is 152 Å². The normalized spacial score (nSPS) is 16.2. The van der Waals surface area contributed by atoms with Crippen LogP contribution < -0.4 is 16.2 Å². The number of thioether (sulfide) groups is 1. The lowest BCUT2D eigenvalue weighted by Crippen LogP contribution is -2.37. The smallest absolute Gasteiger partial charge is 0.257 e. The number of aryl methyl sites for hydroxylation is 1. The number of hydrogen-bond acceptors (Lipinski definition) is 7. The summed E-state index contributed by atoms with van der Waals surface area (Å²) in [4.78, 5) is 44.5. The Balaban J connectivity index is 1.67. The third kappa shape index (κ3) is 3.90. The van der Waals surface area contributed by atoms with Gasteiger partial charge in [-0.3, -0.25) is 19.0 Å². The first-order valence-electron chi connectivity index (χ1n) is 7.63. The Hall–Kier alpha value is -2.20. The van der Waals surface area contributed by atoms with Gasteiger partial charge >= 0.3 is 0 Å². The summed E-state index contributed by atoms with van der Waals surface area (Å²) in [5, 5.41) is 8.14. The number of aromatic nitrogens is 3. The molecule has 1 atom stereocenters. The van der Waals surface area contributed by atoms with Crippen molar-refractivity contribution in [1.82, 2.24) is 19.9 Å². The van der Waals surface area contributed by atoms with Crippen LogP contribution >= 0.6 is 23.1 Å². The van der Waals surface area contributed by atoms with Crippen molar-refractivity contribution in [2.75, 3.05) is 18.1 Å². The number of rotatable bonds is 4. The molecule has 2 aromatic heterocycles. The number of anilines is 1. The zero-order valence-electron chi connectivity index (χ0n) is 13.7. The highest BCUT2D eigenvalue weighted by molar-refractivity contribution is 7.99. The van der Waals surface area contributed by atoms with Crippen LogP contribution in [0.3, 0.4) is 0 Å². The molecule has 0 aliphatic carbocycles. The molecule has 25 heavy (non-hydrogen) atoms. The number of fused-ring (bicyclic) bond motifs is 1. The molecule has 1 aliphatic rings. The van der Waals surface area contributed by atoms with Gasteiger partial charge in [0.15, 0.2) is 10.3 Å². The van der Waals surface area contributed by atoms with Crippen LogP contribution in [0.5, 0.6) is 0 Å². The second-order valence-electron chi connectivity index (χ2n) is 5.63. The fourth-order valence-electron chi connectivity index (χ4n) is 2.37. The van der Waals surface area contributed by atoms with E-state index < -0.39 is 0 Å². The molecule has 0 bridgehead atoms. The number of hydrogen-bond donors (Lipinski definition) is 2. The second-order valence-corrected chi connectivity index (χ2v) is 7.48. The number of thiazole rings is 1. The average Bonchev–Trinajstić information content (AvgIpc) is 3.04. The van der Waals surface area contributed by atoms with Crippen LogP contribution in [0.15, 0.2) is 21.5 Å². The third-order valence-electron chi connectivity index (χ3n) is 3.77. The van der Waals surface area contributed by atoms with Crippen LogP contribution in [0.25, 0.3) is 0 Å². The molecule has 3 rings (SSSR count). The summed E-state index contributed by atoms with van der Waals surface area (Å²) < 4.78 is 1.55. The standard InChI is InChI=1S/C15H17N5O3S2/c1-8-4-17-15-20(13(8)23)5-9(6-25-15)12(22)19-14-18-10(7-24-14)3-11(21)16-2/h4,7,9H,3,5-6H2,1-2H3,(H,16,21)(H,18,19,22). The van der Waals surface area contributed by atoms with E-state index in [-0.39, 0.29) is 29.7 Å². The van der Waals surface area contributed by atoms with Crippen LogP contribution in [-0.2, 0) is 22.6 Å². The molecule has 0 fully saturated rings. The lowest BCUT2D eigenvalue weighted by atomic mass is 10.1. The summed E-state index contributed by atoms with van der Waals surface area (Å²) in [5.41, 5.74) is 1.06. The zero-order chi connectivity index (χ0) is 18.0. The Kier molecular flexibility index (Phi) is 5.19. The molecule has 3 heterocycles. The number of nitrogens with one attached hydrogen (secondary N) is 2. The molecule has 8 nitrogen and oxygen atoms in total. The number of likely N-dealkylation sites (N-methyl/N-ethyl adjacent to an activating group) is 1. The number of amides is 2. The second kappa shape index (κ2) is 7.36. The highest BCUT2D eigenvalue weighted by Crippen LogP contribution is 2.26. The van der Waals surface area contributed by atoms with Crippen LogP contribution in [0.4, 0.5) is 5.13 Å². The van der Waals surface area contributed by atoms with Crippen molar-refractivity contribution in [2.45, 2.75) is 25.0 Å². The van der Waals surface area contributed by atoms with Gasteiger partial charge in [-0.15, -0.1) is 11.3 Å². The summed E-state index contributed by atoms with van der Waals surface area (Å²) in [6.45, 7) is 2.01. The molecule has 132 valence electrons. The van der Waals surface area contributed by atoms with Crippen LogP contribution in [0.2, 0.25) is 0 Å². The van der Waals surface area contributed by atoms with Crippen molar-refractivity contribution in [2.24, 2.45) is 5.92 Å². The number of nitrogens with zero attached hydrogens (tertiary/aromatic N) is 3. The average molecular weight is 379 g/mol. The molecule has 2 aromatic rings. The molecule has 0 aromatic carbocycles. The molecular formula is C15H17N5O3S2. The van der Waals surface area contributed by atoms with E-state index in [0.717, 1.165) is 0 Å². The molecule has 1 aliphatic heterocycles. The van der Waals surface area contributed by atoms with E-state index in [1.165, 1.54) is 23.1 Å². The van der Waals surface area contributed by atoms with Gasteiger partial charge in [-0.2, -0.15) is 0 Å². The molecule has 1 unspecified atom stereocenters. The predicted octanol–water partition coefficient (Wildman–Crippen LogP) is 0.657. The van der Waals surface area contributed by atoms with Gasteiger partial charge in [0.1, 0.15) is 0 Å². The van der Waals surface area contributed by atoms with Crippen molar-refractivity contribution in [3.63, 3.8) is 0 Å². The monoisotopic (exact) mass is 379 g/mol. The van der Waals surface area contributed by atoms with Gasteiger partial charge in [-0.25, -0.2) is 9.97 Å². The van der Waals surface area contributed by atoms with E-state index in [1.54, 1.807) is 30.1 Å². The number of carbonyl (C=O) groups is 2. The largest absolute Gasteiger partial charge is 0.359 e. The van der Waals surface area contributed by atoms with E-state index in [1.807, 2.05) is 0 Å².